The van der Waals surface area contributed by atoms with E-state index in [1.807, 2.05) is 0 Å². The Morgan fingerprint density at radius 3 is 2.33 bits per heavy atom. The van der Waals surface area contributed by atoms with Gasteiger partial charge < -0.3 is 0 Å². The lowest BCUT2D eigenvalue weighted by molar-refractivity contribution is -0.386. The van der Waals surface area contributed by atoms with Crippen LogP contribution in [-0.4, -0.2) is 14.7 Å². The summed E-state index contributed by atoms with van der Waals surface area (Å²) in [7, 11) is 0. The van der Waals surface area contributed by atoms with E-state index in [9.17, 15) is 18.9 Å². The number of nitro groups is 1. The van der Waals surface area contributed by atoms with Crippen molar-refractivity contribution in [3.05, 3.63) is 21.0 Å². The van der Waals surface area contributed by atoms with Crippen molar-refractivity contribution in [2.75, 3.05) is 0 Å². The third kappa shape index (κ3) is 2.06. The van der Waals surface area contributed by atoms with Crippen LogP contribution in [0.15, 0.2) is 0 Å². The standard InChI is InChI=1S/C7H8ClF2N3O2/c1-3(2)12-6(8)5(13(14)15)4(11-12)7(9)10/h3,7H,1-2H3. The van der Waals surface area contributed by atoms with E-state index in [0.29, 0.717) is 0 Å². The van der Waals surface area contributed by atoms with Crippen LogP contribution in [0.4, 0.5) is 14.5 Å². The Hall–Kier alpha value is -1.24. The maximum absolute atomic E-state index is 12.4. The van der Waals surface area contributed by atoms with Crippen LogP contribution in [0.2, 0.25) is 5.15 Å². The van der Waals surface area contributed by atoms with Gasteiger partial charge in [-0.15, -0.1) is 0 Å². The molecule has 0 aromatic carbocycles. The minimum Gasteiger partial charge on any atom is -0.258 e. The first-order valence-electron chi connectivity index (χ1n) is 4.06. The van der Waals surface area contributed by atoms with E-state index in [0.717, 1.165) is 4.68 Å². The lowest BCUT2D eigenvalue weighted by Gasteiger charge is -2.04. The fourth-order valence-corrected chi connectivity index (χ4v) is 1.48. The third-order valence-corrected chi connectivity index (χ3v) is 2.09. The largest absolute Gasteiger partial charge is 0.335 e. The molecule has 1 aromatic rings. The number of hydrogen-bond acceptors (Lipinski definition) is 3. The van der Waals surface area contributed by atoms with E-state index >= 15 is 0 Å². The molecule has 5 nitrogen and oxygen atoms in total. The summed E-state index contributed by atoms with van der Waals surface area (Å²) in [6.07, 6.45) is -3.01. The number of nitrogens with zero attached hydrogens (tertiary/aromatic N) is 3. The molecule has 84 valence electrons. The zero-order valence-electron chi connectivity index (χ0n) is 7.95. The molecule has 1 aromatic heterocycles. The number of rotatable bonds is 3. The van der Waals surface area contributed by atoms with Crippen LogP contribution >= 0.6 is 11.6 Å². The predicted molar refractivity (Wildman–Crippen MR) is 49.2 cm³/mol. The topological polar surface area (TPSA) is 61.0 Å². The van der Waals surface area contributed by atoms with Crippen molar-refractivity contribution in [1.29, 1.82) is 0 Å². The van der Waals surface area contributed by atoms with E-state index in [2.05, 4.69) is 5.10 Å². The lowest BCUT2D eigenvalue weighted by Crippen LogP contribution is -2.03. The lowest BCUT2D eigenvalue weighted by atomic mass is 10.4. The summed E-state index contributed by atoms with van der Waals surface area (Å²) in [4.78, 5) is 9.57. The van der Waals surface area contributed by atoms with Gasteiger partial charge >= 0.3 is 5.69 Å². The van der Waals surface area contributed by atoms with Gasteiger partial charge in [0.2, 0.25) is 10.8 Å². The maximum atomic E-state index is 12.4. The molecule has 0 aliphatic carbocycles. The monoisotopic (exact) mass is 239 g/mol. The molecular weight excluding hydrogens is 232 g/mol. The zero-order chi connectivity index (χ0) is 11.7. The minimum absolute atomic E-state index is 0.316. The molecule has 8 heteroatoms. The number of alkyl halides is 2. The van der Waals surface area contributed by atoms with Gasteiger partial charge in [-0.2, -0.15) is 5.10 Å². The molecule has 15 heavy (non-hydrogen) atoms. The number of hydrogen-bond donors (Lipinski definition) is 0. The molecule has 0 N–H and O–H groups in total. The average Bonchev–Trinajstić information content (AvgIpc) is 2.42. The molecule has 0 radical (unpaired) electrons. The van der Waals surface area contributed by atoms with Crippen molar-refractivity contribution in [3.63, 3.8) is 0 Å². The summed E-state index contributed by atoms with van der Waals surface area (Å²) in [6.45, 7) is 3.27. The van der Waals surface area contributed by atoms with Gasteiger partial charge in [-0.1, -0.05) is 11.6 Å². The van der Waals surface area contributed by atoms with Crippen molar-refractivity contribution < 1.29 is 13.7 Å². The van der Waals surface area contributed by atoms with Crippen molar-refractivity contribution in [2.45, 2.75) is 26.3 Å². The Balaban J connectivity index is 3.39. The second kappa shape index (κ2) is 4.09. The molecule has 0 amide bonds. The van der Waals surface area contributed by atoms with Crippen LogP contribution in [-0.2, 0) is 0 Å². The van der Waals surface area contributed by atoms with E-state index in [1.165, 1.54) is 0 Å². The SMILES string of the molecule is CC(C)n1nc(C(F)F)c([N+](=O)[O-])c1Cl. The van der Waals surface area contributed by atoms with Gasteiger partial charge in [-0.25, -0.2) is 13.5 Å². The van der Waals surface area contributed by atoms with Gasteiger partial charge in [0, 0.05) is 6.04 Å². The fourth-order valence-electron chi connectivity index (χ4n) is 1.08. The smallest absolute Gasteiger partial charge is 0.258 e. The predicted octanol–water partition coefficient (Wildman–Crippen LogP) is 2.96. The molecule has 0 saturated carbocycles. The van der Waals surface area contributed by atoms with Crippen molar-refractivity contribution in [2.24, 2.45) is 0 Å². The molecule has 0 unspecified atom stereocenters. The summed E-state index contributed by atoms with van der Waals surface area (Å²) in [6, 6.07) is -0.316. The second-order valence-corrected chi connectivity index (χ2v) is 3.48. The van der Waals surface area contributed by atoms with Gasteiger partial charge in [0.1, 0.15) is 0 Å². The molecular formula is C7H8ClF2N3O2. The van der Waals surface area contributed by atoms with E-state index in [1.54, 1.807) is 13.8 Å². The number of aromatic nitrogens is 2. The summed E-state index contributed by atoms with van der Waals surface area (Å²) in [5.41, 5.74) is -1.71. The first-order chi connectivity index (χ1) is 6.86. The van der Waals surface area contributed by atoms with Crippen LogP contribution in [0, 0.1) is 10.1 Å². The van der Waals surface area contributed by atoms with Gasteiger partial charge in [0.25, 0.3) is 6.43 Å². The van der Waals surface area contributed by atoms with Crippen LogP contribution < -0.4 is 0 Å². The van der Waals surface area contributed by atoms with Crippen LogP contribution in [0.3, 0.4) is 0 Å². The van der Waals surface area contributed by atoms with Crippen LogP contribution in [0.1, 0.15) is 32.0 Å². The molecule has 0 spiro atoms. The molecule has 0 aliphatic heterocycles. The Morgan fingerprint density at radius 1 is 1.53 bits per heavy atom. The minimum atomic E-state index is -3.01. The van der Waals surface area contributed by atoms with Crippen LogP contribution in [0.5, 0.6) is 0 Å². The van der Waals surface area contributed by atoms with Gasteiger partial charge in [-0.05, 0) is 13.8 Å². The molecule has 0 saturated heterocycles. The van der Waals surface area contributed by atoms with E-state index < -0.39 is 22.7 Å². The summed E-state index contributed by atoms with van der Waals surface area (Å²) >= 11 is 5.59. The second-order valence-electron chi connectivity index (χ2n) is 3.12. The van der Waals surface area contributed by atoms with E-state index in [-0.39, 0.29) is 11.2 Å². The highest BCUT2D eigenvalue weighted by molar-refractivity contribution is 6.31. The highest BCUT2D eigenvalue weighted by Crippen LogP contribution is 2.35. The molecule has 0 fully saturated rings. The molecule has 1 heterocycles. The molecule has 0 aliphatic rings. The average molecular weight is 240 g/mol. The highest BCUT2D eigenvalue weighted by atomic mass is 35.5. The zero-order valence-corrected chi connectivity index (χ0v) is 8.70. The quantitative estimate of drug-likeness (QED) is 0.602. The van der Waals surface area contributed by atoms with Crippen LogP contribution in [0.25, 0.3) is 0 Å². The van der Waals surface area contributed by atoms with Gasteiger partial charge in [0.15, 0.2) is 0 Å². The Morgan fingerprint density at radius 2 is 2.07 bits per heavy atom. The van der Waals surface area contributed by atoms with Crippen molar-refractivity contribution >= 4 is 17.3 Å². The summed E-state index contributed by atoms with van der Waals surface area (Å²) in [5, 5.41) is 13.6. The first kappa shape index (κ1) is 11.8. The Bertz CT molecular complexity index is 392. The third-order valence-electron chi connectivity index (χ3n) is 1.73. The molecule has 0 bridgehead atoms. The maximum Gasteiger partial charge on any atom is 0.335 e. The first-order valence-corrected chi connectivity index (χ1v) is 4.44. The van der Waals surface area contributed by atoms with Crippen molar-refractivity contribution in [3.8, 4) is 0 Å². The Kier molecular flexibility index (Phi) is 3.23. The fraction of sp³-hybridized carbons (Fsp3) is 0.571. The summed E-state index contributed by atoms with van der Waals surface area (Å²) < 4.78 is 25.8. The highest BCUT2D eigenvalue weighted by Gasteiger charge is 2.32. The molecule has 0 atom stereocenters. The van der Waals surface area contributed by atoms with Gasteiger partial charge in [-0.3, -0.25) is 10.1 Å². The van der Waals surface area contributed by atoms with E-state index in [4.69, 9.17) is 11.6 Å². The van der Waals surface area contributed by atoms with Crippen molar-refractivity contribution in [1.82, 2.24) is 9.78 Å². The number of halogens is 3. The molecule has 1 rings (SSSR count). The normalized spacial score (nSPS) is 11.4. The Labute approximate surface area is 88.8 Å². The summed E-state index contributed by atoms with van der Waals surface area (Å²) in [5.74, 6) is 0. The van der Waals surface area contributed by atoms with Gasteiger partial charge in [0.05, 0.1) is 4.92 Å².